The van der Waals surface area contributed by atoms with Crippen LogP contribution in [0.3, 0.4) is 0 Å². The van der Waals surface area contributed by atoms with Crippen LogP contribution in [0.4, 0.5) is 0 Å². The van der Waals surface area contributed by atoms with Crippen LogP contribution in [0.1, 0.15) is 73.6 Å². The van der Waals surface area contributed by atoms with E-state index < -0.39 is 65.6 Å². The Morgan fingerprint density at radius 2 is 1.80 bits per heavy atom. The number of alkyl halides is 1. The third kappa shape index (κ3) is 4.93. The van der Waals surface area contributed by atoms with E-state index in [2.05, 4.69) is 6.08 Å². The fourth-order valence-electron chi connectivity index (χ4n) is 8.46. The first-order valence-corrected chi connectivity index (χ1v) is 16.8. The molecule has 230 valence electrons. The lowest BCUT2D eigenvalue weighted by atomic mass is 9.46. The predicted octanol–water partition coefficient (Wildman–Crippen LogP) is 5.37. The van der Waals surface area contributed by atoms with Gasteiger partial charge in [-0.1, -0.05) is 45.4 Å². The molecule has 9 nitrogen and oxygen atoms in total. The van der Waals surface area contributed by atoms with E-state index in [1.54, 1.807) is 26.8 Å². The summed E-state index contributed by atoms with van der Waals surface area (Å²) in [7, 11) is -3.72. The van der Waals surface area contributed by atoms with Gasteiger partial charge in [-0.05, 0) is 56.9 Å². The molecule has 4 aliphatic carbocycles. The first kappa shape index (κ1) is 32.6. The quantitative estimate of drug-likeness (QED) is 0.141. The highest BCUT2D eigenvalue weighted by molar-refractivity contribution is 7.53. The van der Waals surface area contributed by atoms with Gasteiger partial charge in [-0.3, -0.25) is 18.9 Å². The van der Waals surface area contributed by atoms with Crippen molar-refractivity contribution in [2.24, 2.45) is 28.6 Å². The highest BCUT2D eigenvalue weighted by atomic mass is 35.5. The van der Waals surface area contributed by atoms with Gasteiger partial charge in [-0.15, -0.1) is 11.6 Å². The van der Waals surface area contributed by atoms with E-state index in [9.17, 15) is 24.1 Å². The highest BCUT2D eigenvalue weighted by Crippen LogP contribution is 2.72. The summed E-state index contributed by atoms with van der Waals surface area (Å²) in [6.07, 6.45) is 5.49. The lowest BCUT2D eigenvalue weighted by molar-refractivity contribution is -0.192. The molecule has 0 radical (unpaired) electrons. The fourth-order valence-corrected chi connectivity index (χ4v) is 10.3. The number of ketones is 2. The Morgan fingerprint density at radius 1 is 1.15 bits per heavy atom. The van der Waals surface area contributed by atoms with Gasteiger partial charge in [0.25, 0.3) is 0 Å². The topological polar surface area (TPSA) is 125 Å². The van der Waals surface area contributed by atoms with Crippen LogP contribution in [0, 0.1) is 28.6 Å². The fraction of sp³-hybridized carbons (Fsp3) is 0.767. The molecular formula is C30H44ClO9P. The van der Waals surface area contributed by atoms with E-state index in [1.165, 1.54) is 0 Å². The van der Waals surface area contributed by atoms with Gasteiger partial charge in [-0.2, -0.15) is 0 Å². The van der Waals surface area contributed by atoms with Gasteiger partial charge in [0.05, 0.1) is 24.2 Å². The highest BCUT2D eigenvalue weighted by Gasteiger charge is 2.75. The number of halogens is 1. The van der Waals surface area contributed by atoms with Crippen LogP contribution in [0.5, 0.6) is 0 Å². The average molecular weight is 615 g/mol. The second kappa shape index (κ2) is 11.6. The van der Waals surface area contributed by atoms with E-state index >= 15 is 0 Å². The van der Waals surface area contributed by atoms with Gasteiger partial charge in [0.2, 0.25) is 5.78 Å². The summed E-state index contributed by atoms with van der Waals surface area (Å²) in [6.45, 7) is 10.6. The van der Waals surface area contributed by atoms with Crippen molar-refractivity contribution in [3.63, 3.8) is 0 Å². The molecular weight excluding hydrogens is 571 g/mol. The average Bonchev–Trinajstić information content (AvgIpc) is 3.13. The van der Waals surface area contributed by atoms with Crippen LogP contribution in [0.25, 0.3) is 0 Å². The molecule has 0 bridgehead atoms. The molecule has 0 saturated heterocycles. The van der Waals surface area contributed by atoms with E-state index in [0.717, 1.165) is 5.57 Å². The van der Waals surface area contributed by atoms with Crippen LogP contribution in [-0.4, -0.2) is 65.4 Å². The van der Waals surface area contributed by atoms with E-state index in [-0.39, 0.29) is 50.1 Å². The standard InChI is InChI=1S/C30H44ClO9P/c1-7-26(35)37-17-25(34)30(38-18-41(36,39-8-2)40-9-3)19(4)14-23-22-11-10-20-15-21(32)12-13-27(20,5)29(22,31)24(33)16-28(23,30)6/h10,12-13,19,22-24,33H,7-9,11,14-18H2,1-6H3/t19-,22-,23-,24-,27-,28-,29-,30-/m0/s1. The number of carbonyl (C=O) groups is 3. The number of hydrogen-bond donors (Lipinski definition) is 1. The van der Waals surface area contributed by atoms with E-state index in [0.29, 0.717) is 12.8 Å². The number of aliphatic hydroxyl groups excluding tert-OH is 1. The van der Waals surface area contributed by atoms with Crippen LogP contribution in [0.2, 0.25) is 0 Å². The van der Waals surface area contributed by atoms with Crippen molar-refractivity contribution in [1.29, 1.82) is 0 Å². The third-order valence-corrected chi connectivity index (χ3v) is 13.0. The smallest absolute Gasteiger partial charge is 0.356 e. The van der Waals surface area contributed by atoms with Crippen LogP contribution < -0.4 is 0 Å². The summed E-state index contributed by atoms with van der Waals surface area (Å²) in [5.41, 5.74) is -2.35. The predicted molar refractivity (Wildman–Crippen MR) is 153 cm³/mol. The molecule has 2 fully saturated rings. The molecule has 0 unspecified atom stereocenters. The minimum absolute atomic E-state index is 0.00438. The number of allylic oxidation sites excluding steroid dienone is 4. The Labute approximate surface area is 247 Å². The Balaban J connectivity index is 1.80. The Bertz CT molecular complexity index is 1170. The number of Topliss-reactive ketones (excluding diaryl/α,β-unsaturated/α-hetero) is 1. The lowest BCUT2D eigenvalue weighted by Crippen LogP contribution is -2.69. The monoisotopic (exact) mass is 614 g/mol. The van der Waals surface area contributed by atoms with Crippen molar-refractivity contribution in [2.75, 3.05) is 26.2 Å². The second-order valence-electron chi connectivity index (χ2n) is 12.3. The zero-order chi connectivity index (χ0) is 30.4. The normalized spacial score (nSPS) is 39.9. The molecule has 11 heteroatoms. The number of esters is 1. The zero-order valence-electron chi connectivity index (χ0n) is 24.9. The van der Waals surface area contributed by atoms with Gasteiger partial charge in [0.15, 0.2) is 12.4 Å². The lowest BCUT2D eigenvalue weighted by Gasteiger charge is -2.63. The first-order valence-electron chi connectivity index (χ1n) is 14.7. The molecule has 8 atom stereocenters. The van der Waals surface area contributed by atoms with Crippen molar-refractivity contribution in [2.45, 2.75) is 90.2 Å². The molecule has 4 rings (SSSR count). The number of aliphatic hydroxyl groups is 1. The second-order valence-corrected chi connectivity index (χ2v) is 14.9. The van der Waals surface area contributed by atoms with Crippen LogP contribution in [0.15, 0.2) is 23.8 Å². The molecule has 0 heterocycles. The van der Waals surface area contributed by atoms with Gasteiger partial charge in [0, 0.05) is 23.7 Å². The molecule has 0 aromatic carbocycles. The molecule has 1 N–H and O–H groups in total. The number of rotatable bonds is 11. The summed E-state index contributed by atoms with van der Waals surface area (Å²) in [5.74, 6) is -1.79. The number of carbonyl (C=O) groups excluding carboxylic acids is 3. The van der Waals surface area contributed by atoms with E-state index in [4.69, 9.17) is 30.1 Å². The number of fused-ring (bicyclic) bond motifs is 5. The summed E-state index contributed by atoms with van der Waals surface area (Å²) in [4.78, 5) is 37.4. The Kier molecular flexibility index (Phi) is 9.23. The molecule has 41 heavy (non-hydrogen) atoms. The van der Waals surface area contributed by atoms with Crippen molar-refractivity contribution < 1.29 is 42.6 Å². The minimum atomic E-state index is -3.72. The number of ether oxygens (including phenoxy) is 2. The van der Waals surface area contributed by atoms with Gasteiger partial charge in [-0.25, -0.2) is 0 Å². The van der Waals surface area contributed by atoms with Gasteiger partial charge >= 0.3 is 13.6 Å². The van der Waals surface area contributed by atoms with Crippen LogP contribution >= 0.6 is 19.2 Å². The van der Waals surface area contributed by atoms with Crippen LogP contribution in [-0.2, 0) is 37.5 Å². The molecule has 0 amide bonds. The molecule has 2 saturated carbocycles. The van der Waals surface area contributed by atoms with Crippen molar-refractivity contribution in [1.82, 2.24) is 0 Å². The maximum absolute atomic E-state index is 14.2. The SMILES string of the molecule is CCOP(=O)(CO[C@]1(C(=O)COC(=O)CC)[C@@H](C)C[C@H]2[C@@H]3CC=C4CC(=O)C=C[C@]4(C)[C@@]3(Cl)[C@@H](O)C[C@@]21C)OCC. The molecule has 0 aromatic heterocycles. The maximum Gasteiger partial charge on any atom is 0.356 e. The summed E-state index contributed by atoms with van der Waals surface area (Å²) in [5, 5.41) is 12.0. The third-order valence-electron chi connectivity index (χ3n) is 10.3. The van der Waals surface area contributed by atoms with E-state index in [1.807, 2.05) is 26.8 Å². The van der Waals surface area contributed by atoms with Gasteiger partial charge < -0.3 is 23.6 Å². The molecule has 0 spiro atoms. The van der Waals surface area contributed by atoms with Crippen molar-refractivity contribution in [3.8, 4) is 0 Å². The minimum Gasteiger partial charge on any atom is -0.458 e. The Morgan fingerprint density at radius 3 is 2.41 bits per heavy atom. The summed E-state index contributed by atoms with van der Waals surface area (Å²) >= 11 is 7.56. The first-order chi connectivity index (χ1) is 19.2. The number of hydrogen-bond acceptors (Lipinski definition) is 9. The summed E-state index contributed by atoms with van der Waals surface area (Å²) < 4.78 is 36.3. The largest absolute Gasteiger partial charge is 0.458 e. The molecule has 0 aromatic rings. The van der Waals surface area contributed by atoms with Crippen molar-refractivity contribution in [3.05, 3.63) is 23.8 Å². The molecule has 0 aliphatic heterocycles. The Hall–Kier alpha value is -1.35. The zero-order valence-corrected chi connectivity index (χ0v) is 26.6. The molecule has 4 aliphatic rings. The van der Waals surface area contributed by atoms with Gasteiger partial charge in [0.1, 0.15) is 11.9 Å². The summed E-state index contributed by atoms with van der Waals surface area (Å²) in [6, 6.07) is 0. The maximum atomic E-state index is 14.2. The van der Waals surface area contributed by atoms with Crippen molar-refractivity contribution >= 4 is 36.7 Å².